The summed E-state index contributed by atoms with van der Waals surface area (Å²) in [5.74, 6) is 0.725. The van der Waals surface area contributed by atoms with E-state index in [1.165, 1.54) is 0 Å². The molecule has 1 aromatic carbocycles. The third-order valence-electron chi connectivity index (χ3n) is 1.91. The van der Waals surface area contributed by atoms with Gasteiger partial charge in [-0.25, -0.2) is 0 Å². The zero-order valence-corrected chi connectivity index (χ0v) is 8.78. The Morgan fingerprint density at radius 3 is 2.92 bits per heavy atom. The normalized spacial score (nSPS) is 10.6. The van der Waals surface area contributed by atoms with Crippen LogP contribution in [0, 0.1) is 0 Å². The molecule has 0 bridgehead atoms. The zero-order valence-electron chi connectivity index (χ0n) is 7.07. The smallest absolute Gasteiger partial charge is 0.143 e. The molecule has 0 saturated carbocycles. The van der Waals surface area contributed by atoms with Gasteiger partial charge in [0.1, 0.15) is 5.75 Å². The monoisotopic (exact) mass is 211 g/mol. The van der Waals surface area contributed by atoms with E-state index in [0.717, 1.165) is 20.7 Å². The average Bonchev–Trinajstić information content (AvgIpc) is 2.47. The highest BCUT2D eigenvalue weighted by atomic mass is 32.1. The van der Waals surface area contributed by atoms with Gasteiger partial charge in [0, 0.05) is 26.4 Å². The summed E-state index contributed by atoms with van der Waals surface area (Å²) in [6, 6.07) is 3.84. The van der Waals surface area contributed by atoms with Gasteiger partial charge in [0.05, 0.1) is 12.8 Å². The van der Waals surface area contributed by atoms with Crippen molar-refractivity contribution in [3.8, 4) is 5.75 Å². The topological polar surface area (TPSA) is 35.2 Å². The molecule has 0 saturated heterocycles. The van der Waals surface area contributed by atoms with E-state index >= 15 is 0 Å². The van der Waals surface area contributed by atoms with E-state index < -0.39 is 0 Å². The number of methoxy groups -OCH3 is 1. The molecule has 0 fully saturated rings. The van der Waals surface area contributed by atoms with Crippen molar-refractivity contribution in [2.75, 3.05) is 12.8 Å². The third kappa shape index (κ3) is 1.36. The zero-order chi connectivity index (χ0) is 9.42. The molecule has 0 aliphatic heterocycles. The van der Waals surface area contributed by atoms with E-state index in [2.05, 4.69) is 12.6 Å². The van der Waals surface area contributed by atoms with Crippen LogP contribution in [-0.4, -0.2) is 7.11 Å². The Morgan fingerprint density at radius 1 is 1.46 bits per heavy atom. The number of hydrogen-bond acceptors (Lipinski definition) is 4. The van der Waals surface area contributed by atoms with Gasteiger partial charge in [0.15, 0.2) is 0 Å². The molecule has 0 aliphatic rings. The van der Waals surface area contributed by atoms with Crippen molar-refractivity contribution in [2.24, 2.45) is 0 Å². The van der Waals surface area contributed by atoms with E-state index in [4.69, 9.17) is 10.5 Å². The number of fused-ring (bicyclic) bond motifs is 1. The summed E-state index contributed by atoms with van der Waals surface area (Å²) in [5.41, 5.74) is 6.43. The first-order valence-corrected chi connectivity index (χ1v) is 5.08. The van der Waals surface area contributed by atoms with Gasteiger partial charge in [-0.1, -0.05) is 0 Å². The lowest BCUT2D eigenvalue weighted by Crippen LogP contribution is -1.91. The van der Waals surface area contributed by atoms with Crippen LogP contribution in [0.1, 0.15) is 0 Å². The van der Waals surface area contributed by atoms with E-state index in [-0.39, 0.29) is 0 Å². The molecular weight excluding hydrogens is 202 g/mol. The van der Waals surface area contributed by atoms with Crippen molar-refractivity contribution >= 4 is 39.7 Å². The fraction of sp³-hybridized carbons (Fsp3) is 0.111. The lowest BCUT2D eigenvalue weighted by molar-refractivity contribution is 0.417. The van der Waals surface area contributed by atoms with E-state index in [0.29, 0.717) is 5.69 Å². The molecule has 2 aromatic rings. The Bertz CT molecular complexity index is 450. The molecule has 0 unspecified atom stereocenters. The first-order valence-electron chi connectivity index (χ1n) is 3.76. The number of nitrogen functional groups attached to an aromatic ring is 1. The maximum Gasteiger partial charge on any atom is 0.143 e. The number of ether oxygens (including phenoxy) is 1. The van der Waals surface area contributed by atoms with Gasteiger partial charge in [0.2, 0.25) is 0 Å². The van der Waals surface area contributed by atoms with Crippen LogP contribution in [0.5, 0.6) is 5.75 Å². The fourth-order valence-electron chi connectivity index (χ4n) is 1.24. The van der Waals surface area contributed by atoms with Gasteiger partial charge >= 0.3 is 0 Å². The summed E-state index contributed by atoms with van der Waals surface area (Å²) in [7, 11) is 1.62. The molecule has 2 nitrogen and oxygen atoms in total. The number of hydrogen-bond donors (Lipinski definition) is 2. The Hall–Kier alpha value is -0.870. The molecule has 1 aromatic heterocycles. The second-order valence-electron chi connectivity index (χ2n) is 2.71. The van der Waals surface area contributed by atoms with Crippen LogP contribution < -0.4 is 10.5 Å². The molecule has 0 amide bonds. The minimum absolute atomic E-state index is 0.656. The first-order chi connectivity index (χ1) is 6.22. The summed E-state index contributed by atoms with van der Waals surface area (Å²) in [5, 5.41) is 3.08. The number of thiol groups is 1. The minimum Gasteiger partial charge on any atom is -0.495 e. The van der Waals surface area contributed by atoms with Crippen LogP contribution in [-0.2, 0) is 0 Å². The Kier molecular flexibility index (Phi) is 2.09. The number of benzene rings is 1. The van der Waals surface area contributed by atoms with Crippen molar-refractivity contribution in [3.05, 3.63) is 17.5 Å². The van der Waals surface area contributed by atoms with E-state index in [1.807, 2.05) is 17.5 Å². The molecule has 0 atom stereocenters. The first kappa shape index (κ1) is 8.72. The number of thiophene rings is 1. The Balaban J connectivity index is 2.76. The minimum atomic E-state index is 0.656. The lowest BCUT2D eigenvalue weighted by atomic mass is 10.2. The van der Waals surface area contributed by atoms with Crippen molar-refractivity contribution < 1.29 is 4.74 Å². The third-order valence-corrected chi connectivity index (χ3v) is 3.40. The molecule has 0 radical (unpaired) electrons. The molecule has 2 N–H and O–H groups in total. The second kappa shape index (κ2) is 3.12. The highest BCUT2D eigenvalue weighted by molar-refractivity contribution is 7.80. The summed E-state index contributed by atoms with van der Waals surface area (Å²) >= 11 is 5.97. The number of nitrogens with two attached hydrogens (primary N) is 1. The fourth-order valence-corrected chi connectivity index (χ4v) is 2.49. The van der Waals surface area contributed by atoms with Crippen LogP contribution in [0.25, 0.3) is 10.1 Å². The predicted molar refractivity (Wildman–Crippen MR) is 60.0 cm³/mol. The molecule has 2 rings (SSSR count). The largest absolute Gasteiger partial charge is 0.495 e. The molecular formula is C9H9NOS2. The number of rotatable bonds is 1. The van der Waals surface area contributed by atoms with Gasteiger partial charge < -0.3 is 10.5 Å². The van der Waals surface area contributed by atoms with Gasteiger partial charge in [-0.05, 0) is 6.07 Å². The molecule has 1 heterocycles. The van der Waals surface area contributed by atoms with E-state index in [9.17, 15) is 0 Å². The maximum atomic E-state index is 5.77. The highest BCUT2D eigenvalue weighted by Crippen LogP contribution is 2.35. The van der Waals surface area contributed by atoms with Crippen LogP contribution in [0.2, 0.25) is 0 Å². The Morgan fingerprint density at radius 2 is 2.23 bits per heavy atom. The molecule has 4 heteroatoms. The summed E-state index contributed by atoms with van der Waals surface area (Å²) in [6.07, 6.45) is 0. The quantitative estimate of drug-likeness (QED) is 0.562. The van der Waals surface area contributed by atoms with E-state index in [1.54, 1.807) is 18.4 Å². The average molecular weight is 211 g/mol. The Labute approximate surface area is 85.7 Å². The van der Waals surface area contributed by atoms with Crippen molar-refractivity contribution in [3.63, 3.8) is 0 Å². The van der Waals surface area contributed by atoms with Crippen LogP contribution in [0.3, 0.4) is 0 Å². The number of anilines is 1. The van der Waals surface area contributed by atoms with Crippen molar-refractivity contribution in [1.82, 2.24) is 0 Å². The molecule has 0 aliphatic carbocycles. The van der Waals surface area contributed by atoms with Gasteiger partial charge in [-0.2, -0.15) is 0 Å². The summed E-state index contributed by atoms with van der Waals surface area (Å²) in [4.78, 5) is 0.967. The molecule has 68 valence electrons. The molecule has 13 heavy (non-hydrogen) atoms. The standard InChI is InChI=1S/C9H9NOS2/c1-11-7-3-9-5(2-6(7)10)8(12)4-13-9/h2-4,12H,10H2,1H3. The second-order valence-corrected chi connectivity index (χ2v) is 4.10. The van der Waals surface area contributed by atoms with Crippen LogP contribution in [0.4, 0.5) is 5.69 Å². The van der Waals surface area contributed by atoms with Crippen molar-refractivity contribution in [1.29, 1.82) is 0 Å². The van der Waals surface area contributed by atoms with Gasteiger partial charge in [0.25, 0.3) is 0 Å². The summed E-state index contributed by atoms with van der Waals surface area (Å²) in [6.45, 7) is 0. The van der Waals surface area contributed by atoms with Crippen molar-refractivity contribution in [2.45, 2.75) is 4.90 Å². The van der Waals surface area contributed by atoms with Crippen LogP contribution >= 0.6 is 24.0 Å². The van der Waals surface area contributed by atoms with Gasteiger partial charge in [-0.3, -0.25) is 0 Å². The predicted octanol–water partition coefficient (Wildman–Crippen LogP) is 2.78. The summed E-state index contributed by atoms with van der Waals surface area (Å²) < 4.78 is 6.27. The molecule has 0 spiro atoms. The lowest BCUT2D eigenvalue weighted by Gasteiger charge is -2.03. The highest BCUT2D eigenvalue weighted by Gasteiger charge is 2.05. The van der Waals surface area contributed by atoms with Crippen LogP contribution in [0.15, 0.2) is 22.4 Å². The maximum absolute atomic E-state index is 5.77. The van der Waals surface area contributed by atoms with Gasteiger partial charge in [-0.15, -0.1) is 24.0 Å². The SMILES string of the molecule is COc1cc2scc(S)c2cc1N.